The molecule has 54 valence electrons. The van der Waals surface area contributed by atoms with Crippen molar-refractivity contribution in [2.24, 2.45) is 5.73 Å². The molecule has 1 amide bonds. The van der Waals surface area contributed by atoms with Gasteiger partial charge in [-0.1, -0.05) is 23.3 Å². The summed E-state index contributed by atoms with van der Waals surface area (Å²) < 4.78 is 0. The summed E-state index contributed by atoms with van der Waals surface area (Å²) in [6.07, 6.45) is 5.39. The molecule has 0 bridgehead atoms. The maximum absolute atomic E-state index is 10.5. The molecule has 1 aliphatic carbocycles. The third-order valence-electron chi connectivity index (χ3n) is 1.68. The summed E-state index contributed by atoms with van der Waals surface area (Å²) in [5.74, 6) is -0.238. The van der Waals surface area contributed by atoms with Crippen LogP contribution in [0.2, 0.25) is 0 Å². The van der Waals surface area contributed by atoms with Gasteiger partial charge in [0, 0.05) is 6.42 Å². The van der Waals surface area contributed by atoms with Gasteiger partial charge in [0.15, 0.2) is 0 Å². The Kier molecular flexibility index (Phi) is 1.90. The summed E-state index contributed by atoms with van der Waals surface area (Å²) >= 11 is 0. The number of hydrogen-bond donors (Lipinski definition) is 1. The zero-order valence-corrected chi connectivity index (χ0v) is 6.05. The molecule has 2 nitrogen and oxygen atoms in total. The molecule has 0 saturated carbocycles. The maximum Gasteiger partial charge on any atom is 0.221 e. The molecule has 0 heterocycles. The number of carbonyl (C=O) groups is 1. The minimum absolute atomic E-state index is 0.238. The Hall–Kier alpha value is -1.05. The Bertz CT molecular complexity index is 213. The molecule has 1 rings (SSSR count). The molecule has 1 aliphatic rings. The van der Waals surface area contributed by atoms with Gasteiger partial charge in [0.25, 0.3) is 0 Å². The molecular weight excluding hydrogens is 126 g/mol. The van der Waals surface area contributed by atoms with Gasteiger partial charge in [0.05, 0.1) is 0 Å². The lowest BCUT2D eigenvalue weighted by Crippen LogP contribution is -2.10. The second-order valence-corrected chi connectivity index (χ2v) is 2.54. The number of carbonyl (C=O) groups excluding carboxylic acids is 1. The van der Waals surface area contributed by atoms with Gasteiger partial charge in [-0.25, -0.2) is 0 Å². The molecule has 0 aromatic carbocycles. The highest BCUT2D eigenvalue weighted by Gasteiger charge is 2.06. The number of allylic oxidation sites excluding steroid dienone is 3. The standard InChI is InChI=1S/C8H11NO/c1-6-3-2-4-7(6)5-8(9)10/h2-3H,4-5H2,1H3,(H2,9,10). The van der Waals surface area contributed by atoms with Gasteiger partial charge in [0.2, 0.25) is 5.91 Å². The van der Waals surface area contributed by atoms with Crippen LogP contribution in [-0.4, -0.2) is 5.91 Å². The summed E-state index contributed by atoms with van der Waals surface area (Å²) in [7, 11) is 0. The molecule has 2 N–H and O–H groups in total. The molecule has 0 fully saturated rings. The van der Waals surface area contributed by atoms with Crippen molar-refractivity contribution < 1.29 is 4.79 Å². The van der Waals surface area contributed by atoms with E-state index in [9.17, 15) is 4.79 Å². The maximum atomic E-state index is 10.5. The third kappa shape index (κ3) is 1.47. The van der Waals surface area contributed by atoms with Crippen LogP contribution in [0.3, 0.4) is 0 Å². The van der Waals surface area contributed by atoms with Crippen LogP contribution in [0.25, 0.3) is 0 Å². The van der Waals surface area contributed by atoms with E-state index in [1.807, 2.05) is 19.1 Å². The number of primary amides is 1. The summed E-state index contributed by atoms with van der Waals surface area (Å²) in [6.45, 7) is 2.00. The molecule has 0 aliphatic heterocycles. The third-order valence-corrected chi connectivity index (χ3v) is 1.68. The largest absolute Gasteiger partial charge is 0.369 e. The molecule has 0 saturated heterocycles. The first-order valence-electron chi connectivity index (χ1n) is 3.33. The quantitative estimate of drug-likeness (QED) is 0.609. The molecule has 0 spiro atoms. The van der Waals surface area contributed by atoms with Gasteiger partial charge < -0.3 is 5.73 Å². The second-order valence-electron chi connectivity index (χ2n) is 2.54. The average molecular weight is 137 g/mol. The molecule has 0 radical (unpaired) electrons. The Labute approximate surface area is 60.4 Å². The molecule has 0 unspecified atom stereocenters. The van der Waals surface area contributed by atoms with E-state index in [1.165, 1.54) is 5.57 Å². The van der Waals surface area contributed by atoms with Crippen LogP contribution in [0.1, 0.15) is 19.8 Å². The fraction of sp³-hybridized carbons (Fsp3) is 0.375. The van der Waals surface area contributed by atoms with Crippen molar-refractivity contribution in [3.63, 3.8) is 0 Å². The number of hydrogen-bond acceptors (Lipinski definition) is 1. The van der Waals surface area contributed by atoms with Crippen molar-refractivity contribution in [3.8, 4) is 0 Å². The van der Waals surface area contributed by atoms with Gasteiger partial charge in [-0.3, -0.25) is 4.79 Å². The normalized spacial score (nSPS) is 16.5. The highest BCUT2D eigenvalue weighted by Crippen LogP contribution is 2.20. The fourth-order valence-corrected chi connectivity index (χ4v) is 1.08. The van der Waals surface area contributed by atoms with E-state index in [4.69, 9.17) is 5.73 Å². The topological polar surface area (TPSA) is 43.1 Å². The van der Waals surface area contributed by atoms with E-state index >= 15 is 0 Å². The lowest BCUT2D eigenvalue weighted by atomic mass is 10.1. The molecule has 0 aromatic heterocycles. The zero-order valence-electron chi connectivity index (χ0n) is 6.05. The summed E-state index contributed by atoms with van der Waals surface area (Å²) in [4.78, 5) is 10.5. The first-order valence-corrected chi connectivity index (χ1v) is 3.33. The number of rotatable bonds is 2. The first kappa shape index (κ1) is 7.06. The van der Waals surface area contributed by atoms with Crippen LogP contribution < -0.4 is 5.73 Å². The van der Waals surface area contributed by atoms with E-state index in [0.29, 0.717) is 6.42 Å². The number of amides is 1. The predicted molar refractivity (Wildman–Crippen MR) is 40.3 cm³/mol. The van der Waals surface area contributed by atoms with E-state index in [0.717, 1.165) is 12.0 Å². The van der Waals surface area contributed by atoms with Crippen LogP contribution >= 0.6 is 0 Å². The smallest absolute Gasteiger partial charge is 0.221 e. The van der Waals surface area contributed by atoms with Crippen molar-refractivity contribution in [2.75, 3.05) is 0 Å². The molecule has 0 atom stereocenters. The van der Waals surface area contributed by atoms with Gasteiger partial charge in [-0.05, 0) is 13.3 Å². The highest BCUT2D eigenvalue weighted by atomic mass is 16.1. The molecule has 10 heavy (non-hydrogen) atoms. The van der Waals surface area contributed by atoms with Crippen LogP contribution in [0.5, 0.6) is 0 Å². The van der Waals surface area contributed by atoms with E-state index < -0.39 is 0 Å². The van der Waals surface area contributed by atoms with Crippen molar-refractivity contribution in [2.45, 2.75) is 19.8 Å². The molecular formula is C8H11NO. The average Bonchev–Trinajstić information content (AvgIpc) is 2.15. The van der Waals surface area contributed by atoms with Gasteiger partial charge in [0.1, 0.15) is 0 Å². The van der Waals surface area contributed by atoms with Gasteiger partial charge in [-0.15, -0.1) is 0 Å². The highest BCUT2D eigenvalue weighted by molar-refractivity contribution is 5.77. The van der Waals surface area contributed by atoms with Crippen LogP contribution in [0.15, 0.2) is 23.3 Å². The minimum atomic E-state index is -0.238. The first-order chi connectivity index (χ1) is 4.70. The summed E-state index contributed by atoms with van der Waals surface area (Å²) in [5.41, 5.74) is 7.39. The minimum Gasteiger partial charge on any atom is -0.369 e. The monoisotopic (exact) mass is 137 g/mol. The fourth-order valence-electron chi connectivity index (χ4n) is 1.08. The predicted octanol–water partition coefficient (Wildman–Crippen LogP) is 1.14. The Morgan fingerprint density at radius 1 is 1.80 bits per heavy atom. The Morgan fingerprint density at radius 3 is 2.90 bits per heavy atom. The van der Waals surface area contributed by atoms with Crippen LogP contribution in [0.4, 0.5) is 0 Å². The van der Waals surface area contributed by atoms with Crippen molar-refractivity contribution >= 4 is 5.91 Å². The zero-order chi connectivity index (χ0) is 7.56. The van der Waals surface area contributed by atoms with Crippen molar-refractivity contribution in [1.29, 1.82) is 0 Å². The SMILES string of the molecule is CC1=C(CC(N)=O)CC=C1. The second kappa shape index (κ2) is 2.69. The van der Waals surface area contributed by atoms with E-state index in [2.05, 4.69) is 0 Å². The van der Waals surface area contributed by atoms with Gasteiger partial charge >= 0.3 is 0 Å². The Morgan fingerprint density at radius 2 is 2.50 bits per heavy atom. The van der Waals surface area contributed by atoms with Crippen molar-refractivity contribution in [3.05, 3.63) is 23.3 Å². The van der Waals surface area contributed by atoms with E-state index in [-0.39, 0.29) is 5.91 Å². The lowest BCUT2D eigenvalue weighted by molar-refractivity contribution is -0.117. The van der Waals surface area contributed by atoms with E-state index in [1.54, 1.807) is 0 Å². The van der Waals surface area contributed by atoms with Crippen molar-refractivity contribution in [1.82, 2.24) is 0 Å². The number of nitrogens with two attached hydrogens (primary N) is 1. The summed E-state index contributed by atoms with van der Waals surface area (Å²) in [5, 5.41) is 0. The van der Waals surface area contributed by atoms with Gasteiger partial charge in [-0.2, -0.15) is 0 Å². The van der Waals surface area contributed by atoms with Crippen LogP contribution in [0, 0.1) is 0 Å². The Balaban J connectivity index is 2.59. The molecule has 0 aromatic rings. The summed E-state index contributed by atoms with van der Waals surface area (Å²) in [6, 6.07) is 0. The molecule has 2 heteroatoms. The van der Waals surface area contributed by atoms with Crippen LogP contribution in [-0.2, 0) is 4.79 Å². The lowest BCUT2D eigenvalue weighted by Gasteiger charge is -1.98.